The zero-order valence-electron chi connectivity index (χ0n) is 9.95. The van der Waals surface area contributed by atoms with Crippen LogP contribution in [0.3, 0.4) is 0 Å². The van der Waals surface area contributed by atoms with Crippen LogP contribution in [0.15, 0.2) is 36.5 Å². The van der Waals surface area contributed by atoms with Crippen molar-refractivity contribution < 1.29 is 4.79 Å². The molecule has 0 atom stereocenters. The van der Waals surface area contributed by atoms with E-state index in [4.69, 9.17) is 5.73 Å². The van der Waals surface area contributed by atoms with E-state index in [2.05, 4.69) is 9.97 Å². The lowest BCUT2D eigenvalue weighted by atomic mass is 10.1. The molecule has 3 aromatic rings. The number of benzene rings is 1. The SMILES string of the molecule is Cc1[nH]c(-c2c[nH]c3ccccc23)cc1C(N)=O. The molecular formula is C14H13N3O. The number of rotatable bonds is 2. The maximum absolute atomic E-state index is 11.3. The molecule has 18 heavy (non-hydrogen) atoms. The third-order valence-corrected chi connectivity index (χ3v) is 3.16. The highest BCUT2D eigenvalue weighted by Gasteiger charge is 2.13. The molecule has 0 spiro atoms. The largest absolute Gasteiger partial charge is 0.366 e. The van der Waals surface area contributed by atoms with E-state index in [0.29, 0.717) is 5.56 Å². The fourth-order valence-electron chi connectivity index (χ4n) is 2.25. The monoisotopic (exact) mass is 239 g/mol. The van der Waals surface area contributed by atoms with Crippen molar-refractivity contribution in [2.75, 3.05) is 0 Å². The Morgan fingerprint density at radius 3 is 2.78 bits per heavy atom. The summed E-state index contributed by atoms with van der Waals surface area (Å²) in [5.74, 6) is -0.408. The number of hydrogen-bond acceptors (Lipinski definition) is 1. The third kappa shape index (κ3) is 1.50. The summed E-state index contributed by atoms with van der Waals surface area (Å²) in [6.45, 7) is 1.85. The smallest absolute Gasteiger partial charge is 0.250 e. The summed E-state index contributed by atoms with van der Waals surface area (Å²) >= 11 is 0. The molecule has 0 radical (unpaired) electrons. The number of carbonyl (C=O) groups is 1. The van der Waals surface area contributed by atoms with Gasteiger partial charge in [0.15, 0.2) is 0 Å². The minimum atomic E-state index is -0.408. The third-order valence-electron chi connectivity index (χ3n) is 3.16. The molecule has 0 unspecified atom stereocenters. The highest BCUT2D eigenvalue weighted by atomic mass is 16.1. The maximum atomic E-state index is 11.3. The van der Waals surface area contributed by atoms with Crippen LogP contribution in [-0.2, 0) is 0 Å². The second-order valence-corrected chi connectivity index (χ2v) is 4.33. The Balaban J connectivity index is 2.20. The van der Waals surface area contributed by atoms with E-state index in [-0.39, 0.29) is 0 Å². The van der Waals surface area contributed by atoms with Crippen LogP contribution in [0.2, 0.25) is 0 Å². The van der Waals surface area contributed by atoms with Crippen molar-refractivity contribution in [1.29, 1.82) is 0 Å². The normalized spacial score (nSPS) is 10.9. The summed E-state index contributed by atoms with van der Waals surface area (Å²) in [5.41, 5.74) is 9.67. The van der Waals surface area contributed by atoms with Gasteiger partial charge < -0.3 is 15.7 Å². The first-order valence-electron chi connectivity index (χ1n) is 5.72. The Kier molecular flexibility index (Phi) is 2.23. The van der Waals surface area contributed by atoms with Gasteiger partial charge in [0.1, 0.15) is 0 Å². The standard InChI is InChI=1S/C14H13N3O/c1-8-10(14(15)18)6-13(17-8)11-7-16-12-5-3-2-4-9(11)12/h2-7,16-17H,1H3,(H2,15,18). The molecule has 0 aliphatic carbocycles. The molecule has 4 nitrogen and oxygen atoms in total. The number of primary amides is 1. The van der Waals surface area contributed by atoms with Gasteiger partial charge in [0, 0.05) is 34.1 Å². The summed E-state index contributed by atoms with van der Waals surface area (Å²) in [7, 11) is 0. The fraction of sp³-hybridized carbons (Fsp3) is 0.0714. The number of carbonyl (C=O) groups excluding carboxylic acids is 1. The van der Waals surface area contributed by atoms with Crippen LogP contribution in [0.25, 0.3) is 22.2 Å². The molecule has 0 aliphatic heterocycles. The molecule has 1 amide bonds. The molecule has 90 valence electrons. The van der Waals surface area contributed by atoms with Crippen molar-refractivity contribution in [3.63, 3.8) is 0 Å². The number of aryl methyl sites for hydroxylation is 1. The van der Waals surface area contributed by atoms with Crippen LogP contribution < -0.4 is 5.73 Å². The Labute approximate surface area is 104 Å². The highest BCUT2D eigenvalue weighted by Crippen LogP contribution is 2.29. The lowest BCUT2D eigenvalue weighted by molar-refractivity contribution is 0.1000. The van der Waals surface area contributed by atoms with Crippen LogP contribution >= 0.6 is 0 Å². The molecule has 3 rings (SSSR count). The van der Waals surface area contributed by atoms with E-state index >= 15 is 0 Å². The van der Waals surface area contributed by atoms with Crippen molar-refractivity contribution in [2.45, 2.75) is 6.92 Å². The van der Waals surface area contributed by atoms with Gasteiger partial charge in [0.25, 0.3) is 5.91 Å². The van der Waals surface area contributed by atoms with E-state index in [0.717, 1.165) is 27.9 Å². The molecule has 4 N–H and O–H groups in total. The summed E-state index contributed by atoms with van der Waals surface area (Å²) < 4.78 is 0. The Bertz CT molecular complexity index is 736. The summed E-state index contributed by atoms with van der Waals surface area (Å²) in [4.78, 5) is 17.7. The van der Waals surface area contributed by atoms with Crippen LogP contribution in [0.5, 0.6) is 0 Å². The number of H-pyrrole nitrogens is 2. The predicted octanol–water partition coefficient (Wildman–Crippen LogP) is 2.57. The Morgan fingerprint density at radius 2 is 2.06 bits per heavy atom. The molecule has 4 heteroatoms. The first kappa shape index (κ1) is 10.7. The zero-order valence-corrected chi connectivity index (χ0v) is 9.95. The van der Waals surface area contributed by atoms with E-state index in [9.17, 15) is 4.79 Å². The molecule has 0 fully saturated rings. The van der Waals surface area contributed by atoms with E-state index in [1.165, 1.54) is 0 Å². The first-order chi connectivity index (χ1) is 8.66. The fourth-order valence-corrected chi connectivity index (χ4v) is 2.25. The number of fused-ring (bicyclic) bond motifs is 1. The van der Waals surface area contributed by atoms with Crippen LogP contribution in [0, 0.1) is 6.92 Å². The Hall–Kier alpha value is -2.49. The number of para-hydroxylation sites is 1. The molecule has 1 aromatic carbocycles. The lowest BCUT2D eigenvalue weighted by Gasteiger charge is -1.94. The van der Waals surface area contributed by atoms with Crippen LogP contribution in [0.1, 0.15) is 16.1 Å². The number of nitrogens with two attached hydrogens (primary N) is 1. The van der Waals surface area contributed by atoms with E-state index < -0.39 is 5.91 Å². The van der Waals surface area contributed by atoms with Gasteiger partial charge in [0.05, 0.1) is 5.56 Å². The van der Waals surface area contributed by atoms with Crippen molar-refractivity contribution in [2.24, 2.45) is 5.73 Å². The molecular weight excluding hydrogens is 226 g/mol. The van der Waals surface area contributed by atoms with Crippen LogP contribution in [0.4, 0.5) is 0 Å². The number of aromatic nitrogens is 2. The summed E-state index contributed by atoms with van der Waals surface area (Å²) in [6, 6.07) is 9.83. The average Bonchev–Trinajstić information content (AvgIpc) is 2.92. The summed E-state index contributed by atoms with van der Waals surface area (Å²) in [6.07, 6.45) is 1.93. The summed E-state index contributed by atoms with van der Waals surface area (Å²) in [5, 5.41) is 1.12. The van der Waals surface area contributed by atoms with Crippen molar-refractivity contribution >= 4 is 16.8 Å². The molecule has 0 bridgehead atoms. The average molecular weight is 239 g/mol. The van der Waals surface area contributed by atoms with Gasteiger partial charge >= 0.3 is 0 Å². The maximum Gasteiger partial charge on any atom is 0.250 e. The van der Waals surface area contributed by atoms with E-state index in [1.807, 2.05) is 37.4 Å². The van der Waals surface area contributed by atoms with Gasteiger partial charge in [-0.3, -0.25) is 4.79 Å². The number of amides is 1. The highest BCUT2D eigenvalue weighted by molar-refractivity contribution is 5.99. The molecule has 0 aliphatic rings. The lowest BCUT2D eigenvalue weighted by Crippen LogP contribution is -2.10. The first-order valence-corrected chi connectivity index (χ1v) is 5.72. The zero-order chi connectivity index (χ0) is 12.7. The second-order valence-electron chi connectivity index (χ2n) is 4.33. The van der Waals surface area contributed by atoms with Gasteiger partial charge in [-0.2, -0.15) is 0 Å². The quantitative estimate of drug-likeness (QED) is 0.631. The predicted molar refractivity (Wildman–Crippen MR) is 71.3 cm³/mol. The Morgan fingerprint density at radius 1 is 1.28 bits per heavy atom. The minimum Gasteiger partial charge on any atom is -0.366 e. The van der Waals surface area contributed by atoms with E-state index in [1.54, 1.807) is 6.07 Å². The van der Waals surface area contributed by atoms with Gasteiger partial charge in [-0.25, -0.2) is 0 Å². The van der Waals surface area contributed by atoms with Crippen molar-refractivity contribution in [3.8, 4) is 11.3 Å². The second kappa shape index (κ2) is 3.77. The molecule has 0 saturated heterocycles. The molecule has 2 aromatic heterocycles. The van der Waals surface area contributed by atoms with Gasteiger partial charge in [-0.15, -0.1) is 0 Å². The molecule has 0 saturated carbocycles. The van der Waals surface area contributed by atoms with Gasteiger partial charge in [-0.1, -0.05) is 18.2 Å². The number of aromatic amines is 2. The van der Waals surface area contributed by atoms with Crippen molar-refractivity contribution in [1.82, 2.24) is 9.97 Å². The minimum absolute atomic E-state index is 0.408. The van der Waals surface area contributed by atoms with Crippen molar-refractivity contribution in [3.05, 3.63) is 47.8 Å². The number of hydrogen-bond donors (Lipinski definition) is 3. The van der Waals surface area contributed by atoms with Crippen LogP contribution in [-0.4, -0.2) is 15.9 Å². The molecule has 2 heterocycles. The number of nitrogens with one attached hydrogen (secondary N) is 2. The van der Waals surface area contributed by atoms with Gasteiger partial charge in [-0.05, 0) is 19.1 Å². The van der Waals surface area contributed by atoms with Gasteiger partial charge in [0.2, 0.25) is 0 Å². The topological polar surface area (TPSA) is 74.7 Å².